The minimum absolute atomic E-state index is 0.318. The van der Waals surface area contributed by atoms with Crippen LogP contribution < -0.4 is 5.32 Å². The van der Waals surface area contributed by atoms with Crippen LogP contribution in [0.2, 0.25) is 0 Å². The molecule has 0 aliphatic rings. The zero-order valence-electron chi connectivity index (χ0n) is 15.1. The first-order valence-corrected chi connectivity index (χ1v) is 8.85. The lowest BCUT2D eigenvalue weighted by molar-refractivity contribution is -0.143. The molecule has 0 aliphatic heterocycles. The fourth-order valence-electron chi connectivity index (χ4n) is 3.21. The van der Waals surface area contributed by atoms with Crippen molar-refractivity contribution in [3.05, 3.63) is 107 Å². The van der Waals surface area contributed by atoms with Crippen molar-refractivity contribution in [3.63, 3.8) is 0 Å². The molecular weight excluding hydrogens is 341 g/mol. The molecule has 138 valence electrons. The number of carbonyl (C=O) groups excluding carboxylic acids is 1. The molecule has 0 spiro atoms. The van der Waals surface area contributed by atoms with Crippen LogP contribution in [0.25, 0.3) is 0 Å². The smallest absolute Gasteiger partial charge is 0.315 e. The lowest BCUT2D eigenvalue weighted by Crippen LogP contribution is -2.32. The molecule has 0 saturated carbocycles. The van der Waals surface area contributed by atoms with E-state index in [-0.39, 0.29) is 0 Å². The van der Waals surface area contributed by atoms with Crippen LogP contribution in [0.1, 0.15) is 28.7 Å². The van der Waals surface area contributed by atoms with Crippen molar-refractivity contribution < 1.29 is 13.9 Å². The normalized spacial score (nSPS) is 13.0. The Morgan fingerprint density at radius 2 is 1.52 bits per heavy atom. The van der Waals surface area contributed by atoms with E-state index in [9.17, 15) is 9.18 Å². The number of halogens is 1. The molecule has 1 N–H and O–H groups in total. The molecule has 3 rings (SSSR count). The molecule has 2 atom stereocenters. The number of carbonyl (C=O) groups is 1. The molecule has 0 saturated heterocycles. The van der Waals surface area contributed by atoms with E-state index < -0.39 is 23.7 Å². The van der Waals surface area contributed by atoms with Crippen LogP contribution in [0.15, 0.2) is 84.9 Å². The highest BCUT2D eigenvalue weighted by Crippen LogP contribution is 2.34. The Hall–Kier alpha value is -2.98. The average Bonchev–Trinajstić information content (AvgIpc) is 2.73. The quantitative estimate of drug-likeness (QED) is 0.623. The van der Waals surface area contributed by atoms with Gasteiger partial charge in [-0.3, -0.25) is 4.79 Å². The molecule has 0 heterocycles. The standard InChI is InChI=1S/C23H22FNO2/c1-27-23(26)21(19-14-8-9-15-20(19)24)22(18-12-6-3-7-13-18)25-16-17-10-4-2-5-11-17/h2-15,21-22,25H,16H2,1H3/t21-,22+/m0/s1. The Kier molecular flexibility index (Phi) is 6.34. The number of nitrogens with one attached hydrogen (secondary N) is 1. The first-order chi connectivity index (χ1) is 13.2. The maximum absolute atomic E-state index is 14.5. The third kappa shape index (κ3) is 4.60. The van der Waals surface area contributed by atoms with E-state index in [4.69, 9.17) is 4.74 Å². The molecule has 4 heteroatoms. The fraction of sp³-hybridized carbons (Fsp3) is 0.174. The minimum Gasteiger partial charge on any atom is -0.468 e. The number of hydrogen-bond acceptors (Lipinski definition) is 3. The summed E-state index contributed by atoms with van der Waals surface area (Å²) in [6.07, 6.45) is 0. The largest absolute Gasteiger partial charge is 0.468 e. The monoisotopic (exact) mass is 363 g/mol. The highest BCUT2D eigenvalue weighted by Gasteiger charge is 2.33. The van der Waals surface area contributed by atoms with Crippen molar-refractivity contribution in [1.29, 1.82) is 0 Å². The zero-order chi connectivity index (χ0) is 19.1. The predicted octanol–water partition coefficient (Wildman–Crippen LogP) is 4.61. The molecule has 0 bridgehead atoms. The van der Waals surface area contributed by atoms with Gasteiger partial charge >= 0.3 is 5.97 Å². The van der Waals surface area contributed by atoms with Gasteiger partial charge in [0.15, 0.2) is 0 Å². The summed E-state index contributed by atoms with van der Waals surface area (Å²) in [5, 5.41) is 3.43. The third-order valence-electron chi connectivity index (χ3n) is 4.56. The molecule has 3 aromatic carbocycles. The predicted molar refractivity (Wildman–Crippen MR) is 104 cm³/mol. The number of ether oxygens (including phenoxy) is 1. The Morgan fingerprint density at radius 1 is 0.926 bits per heavy atom. The van der Waals surface area contributed by atoms with Gasteiger partial charge < -0.3 is 10.1 Å². The maximum Gasteiger partial charge on any atom is 0.315 e. The van der Waals surface area contributed by atoms with E-state index in [1.165, 1.54) is 13.2 Å². The van der Waals surface area contributed by atoms with Gasteiger partial charge in [0.25, 0.3) is 0 Å². The number of rotatable bonds is 7. The second-order valence-corrected chi connectivity index (χ2v) is 6.28. The molecule has 0 radical (unpaired) electrons. The van der Waals surface area contributed by atoms with Crippen molar-refractivity contribution in [2.45, 2.75) is 18.5 Å². The first-order valence-electron chi connectivity index (χ1n) is 8.85. The molecule has 0 amide bonds. The fourth-order valence-corrected chi connectivity index (χ4v) is 3.21. The van der Waals surface area contributed by atoms with Crippen molar-refractivity contribution in [1.82, 2.24) is 5.32 Å². The van der Waals surface area contributed by atoms with Crippen LogP contribution in [-0.2, 0) is 16.1 Å². The van der Waals surface area contributed by atoms with Crippen LogP contribution in [0.5, 0.6) is 0 Å². The molecule has 3 aromatic rings. The van der Waals surface area contributed by atoms with Gasteiger partial charge in [-0.15, -0.1) is 0 Å². The van der Waals surface area contributed by atoms with Gasteiger partial charge in [0.05, 0.1) is 7.11 Å². The van der Waals surface area contributed by atoms with Gasteiger partial charge in [-0.2, -0.15) is 0 Å². The highest BCUT2D eigenvalue weighted by atomic mass is 19.1. The number of esters is 1. The topological polar surface area (TPSA) is 38.3 Å². The Morgan fingerprint density at radius 3 is 2.15 bits per heavy atom. The van der Waals surface area contributed by atoms with Gasteiger partial charge in [0.1, 0.15) is 11.7 Å². The SMILES string of the molecule is COC(=O)[C@@H](c1ccccc1F)[C@H](NCc1ccccc1)c1ccccc1. The van der Waals surface area contributed by atoms with Crippen molar-refractivity contribution in [2.24, 2.45) is 0 Å². The third-order valence-corrected chi connectivity index (χ3v) is 4.56. The van der Waals surface area contributed by atoms with Crippen LogP contribution in [0, 0.1) is 5.82 Å². The van der Waals surface area contributed by atoms with Crippen molar-refractivity contribution in [3.8, 4) is 0 Å². The van der Waals surface area contributed by atoms with E-state index in [2.05, 4.69) is 5.32 Å². The van der Waals surface area contributed by atoms with Crippen LogP contribution in [0.3, 0.4) is 0 Å². The molecule has 27 heavy (non-hydrogen) atoms. The van der Waals surface area contributed by atoms with Gasteiger partial charge in [0, 0.05) is 18.2 Å². The van der Waals surface area contributed by atoms with Crippen LogP contribution >= 0.6 is 0 Å². The summed E-state index contributed by atoms with van der Waals surface area (Å²) in [6.45, 7) is 0.544. The molecule has 0 fully saturated rings. The summed E-state index contributed by atoms with van der Waals surface area (Å²) in [7, 11) is 1.33. The molecular formula is C23H22FNO2. The van der Waals surface area contributed by atoms with E-state index in [1.54, 1.807) is 18.2 Å². The molecule has 0 aliphatic carbocycles. The second-order valence-electron chi connectivity index (χ2n) is 6.28. The lowest BCUT2D eigenvalue weighted by atomic mass is 9.86. The van der Waals surface area contributed by atoms with Gasteiger partial charge in [0.2, 0.25) is 0 Å². The summed E-state index contributed by atoms with van der Waals surface area (Å²) in [4.78, 5) is 12.7. The number of hydrogen-bond donors (Lipinski definition) is 1. The Balaban J connectivity index is 2.00. The maximum atomic E-state index is 14.5. The summed E-state index contributed by atoms with van der Waals surface area (Å²) in [5.74, 6) is -1.70. The number of methoxy groups -OCH3 is 1. The van der Waals surface area contributed by atoms with Crippen molar-refractivity contribution in [2.75, 3.05) is 7.11 Å². The Bertz CT molecular complexity index is 868. The Labute approximate surface area is 158 Å². The highest BCUT2D eigenvalue weighted by molar-refractivity contribution is 5.79. The van der Waals surface area contributed by atoms with E-state index in [0.717, 1.165) is 11.1 Å². The summed E-state index contributed by atoms with van der Waals surface area (Å²) < 4.78 is 19.6. The van der Waals surface area contributed by atoms with Crippen LogP contribution in [0.4, 0.5) is 4.39 Å². The van der Waals surface area contributed by atoms with Crippen molar-refractivity contribution >= 4 is 5.97 Å². The van der Waals surface area contributed by atoms with E-state index in [0.29, 0.717) is 12.1 Å². The molecule has 3 nitrogen and oxygen atoms in total. The lowest BCUT2D eigenvalue weighted by Gasteiger charge is -2.27. The summed E-state index contributed by atoms with van der Waals surface area (Å²) in [5.41, 5.74) is 2.29. The first kappa shape index (κ1) is 18.8. The van der Waals surface area contributed by atoms with E-state index in [1.807, 2.05) is 60.7 Å². The average molecular weight is 363 g/mol. The summed E-state index contributed by atoms with van der Waals surface area (Å²) in [6, 6.07) is 25.4. The molecule has 0 unspecified atom stereocenters. The van der Waals surface area contributed by atoms with Crippen LogP contribution in [-0.4, -0.2) is 13.1 Å². The number of benzene rings is 3. The van der Waals surface area contributed by atoms with E-state index >= 15 is 0 Å². The second kappa shape index (κ2) is 9.10. The minimum atomic E-state index is -0.803. The summed E-state index contributed by atoms with van der Waals surface area (Å²) >= 11 is 0. The molecule has 0 aromatic heterocycles. The van der Waals surface area contributed by atoms with Gasteiger partial charge in [-0.1, -0.05) is 78.9 Å². The zero-order valence-corrected chi connectivity index (χ0v) is 15.1. The van der Waals surface area contributed by atoms with Gasteiger partial charge in [-0.05, 0) is 17.2 Å². The van der Waals surface area contributed by atoms with Gasteiger partial charge in [-0.25, -0.2) is 4.39 Å².